The molecule has 3 aromatic carbocycles. The summed E-state index contributed by atoms with van der Waals surface area (Å²) in [6.45, 7) is 2.24. The molecule has 0 saturated heterocycles. The highest BCUT2D eigenvalue weighted by Crippen LogP contribution is 2.19. The third kappa shape index (κ3) is 5.41. The van der Waals surface area contributed by atoms with Crippen LogP contribution in [0.5, 0.6) is 0 Å². The summed E-state index contributed by atoms with van der Waals surface area (Å²) in [6, 6.07) is 25.4. The maximum Gasteiger partial charge on any atom is 0.263 e. The lowest BCUT2D eigenvalue weighted by Crippen LogP contribution is -2.29. The van der Waals surface area contributed by atoms with E-state index in [1.54, 1.807) is 48.7 Å². The molecule has 0 spiro atoms. The predicted octanol–water partition coefficient (Wildman–Crippen LogP) is 4.26. The number of benzene rings is 3. The van der Waals surface area contributed by atoms with Gasteiger partial charge in [-0.3, -0.25) is 14.3 Å². The van der Waals surface area contributed by atoms with Crippen LogP contribution in [0.15, 0.2) is 107 Å². The Balaban J connectivity index is 1.45. The van der Waals surface area contributed by atoms with Crippen LogP contribution >= 0.6 is 0 Å². The highest BCUT2D eigenvalue weighted by Gasteiger charge is 2.15. The van der Waals surface area contributed by atoms with Crippen molar-refractivity contribution < 1.29 is 13.2 Å². The second-order valence-electron chi connectivity index (χ2n) is 7.79. The largest absolute Gasteiger partial charge is 0.322 e. The fraction of sp³-hybridized carbons (Fsp3) is 0.0769. The summed E-state index contributed by atoms with van der Waals surface area (Å²) in [5.41, 5.74) is 2.31. The lowest BCUT2D eigenvalue weighted by atomic mass is 10.2. The Bertz CT molecular complexity index is 1460. The third-order valence-electron chi connectivity index (χ3n) is 5.19. The lowest BCUT2D eigenvalue weighted by molar-refractivity contribution is 0.102. The number of amides is 1. The minimum atomic E-state index is -3.73. The molecule has 1 heterocycles. The molecule has 1 amide bonds. The summed E-state index contributed by atoms with van der Waals surface area (Å²) in [6.07, 6.45) is 1.64. The number of anilines is 2. The second-order valence-corrected chi connectivity index (χ2v) is 9.47. The van der Waals surface area contributed by atoms with Gasteiger partial charge in [-0.15, -0.1) is 0 Å². The molecule has 8 heteroatoms. The van der Waals surface area contributed by atoms with E-state index in [0.717, 1.165) is 11.1 Å². The molecule has 1 aromatic heterocycles. The summed E-state index contributed by atoms with van der Waals surface area (Å²) in [5, 5.41) is 2.69. The van der Waals surface area contributed by atoms with E-state index < -0.39 is 21.5 Å². The lowest BCUT2D eigenvalue weighted by Gasteiger charge is -2.11. The Morgan fingerprint density at radius 3 is 2.15 bits per heavy atom. The molecule has 4 aromatic rings. The molecule has 0 atom stereocenters. The molecule has 7 nitrogen and oxygen atoms in total. The highest BCUT2D eigenvalue weighted by molar-refractivity contribution is 7.92. The van der Waals surface area contributed by atoms with Gasteiger partial charge in [0.25, 0.3) is 21.5 Å². The van der Waals surface area contributed by atoms with E-state index in [2.05, 4.69) is 10.0 Å². The van der Waals surface area contributed by atoms with E-state index in [0.29, 0.717) is 17.9 Å². The summed E-state index contributed by atoms with van der Waals surface area (Å²) >= 11 is 0. The number of carbonyl (C=O) groups excluding carboxylic acids is 1. The van der Waals surface area contributed by atoms with Crippen molar-refractivity contribution >= 4 is 27.3 Å². The first-order valence-electron chi connectivity index (χ1n) is 10.6. The zero-order valence-corrected chi connectivity index (χ0v) is 19.2. The molecular weight excluding hydrogens is 450 g/mol. The third-order valence-corrected chi connectivity index (χ3v) is 6.58. The minimum absolute atomic E-state index is 0.0163. The molecule has 0 unspecified atom stereocenters. The molecule has 0 fully saturated rings. The van der Waals surface area contributed by atoms with Crippen molar-refractivity contribution in [1.29, 1.82) is 0 Å². The first-order chi connectivity index (χ1) is 16.3. The van der Waals surface area contributed by atoms with Crippen molar-refractivity contribution in [2.75, 3.05) is 10.0 Å². The van der Waals surface area contributed by atoms with E-state index in [-0.39, 0.29) is 10.5 Å². The van der Waals surface area contributed by atoms with Gasteiger partial charge in [-0.1, -0.05) is 48.0 Å². The highest BCUT2D eigenvalue weighted by atomic mass is 32.2. The molecule has 34 heavy (non-hydrogen) atoms. The molecule has 172 valence electrons. The number of aromatic nitrogens is 1. The molecule has 0 radical (unpaired) electrons. The standard InChI is InChI=1S/C26H23N3O4S/c1-19-9-15-23(16-10-19)34(32,33)28-22-13-11-21(12-14-22)27-25(30)24-8-5-17-29(26(24)31)18-20-6-3-2-4-7-20/h2-17,28H,18H2,1H3,(H,27,30). The fourth-order valence-corrected chi connectivity index (χ4v) is 4.42. The van der Waals surface area contributed by atoms with E-state index in [1.807, 2.05) is 37.3 Å². The van der Waals surface area contributed by atoms with Crippen LogP contribution in [0.25, 0.3) is 0 Å². The van der Waals surface area contributed by atoms with Crippen molar-refractivity contribution in [3.05, 3.63) is 124 Å². The summed E-state index contributed by atoms with van der Waals surface area (Å²) < 4.78 is 29.1. The number of aryl methyl sites for hydroxylation is 1. The minimum Gasteiger partial charge on any atom is -0.322 e. The van der Waals surface area contributed by atoms with Crippen LogP contribution in [0, 0.1) is 6.92 Å². The monoisotopic (exact) mass is 473 g/mol. The van der Waals surface area contributed by atoms with Gasteiger partial charge in [-0.2, -0.15) is 0 Å². The van der Waals surface area contributed by atoms with Crippen molar-refractivity contribution in [3.63, 3.8) is 0 Å². The molecule has 0 saturated carbocycles. The van der Waals surface area contributed by atoms with Crippen molar-refractivity contribution in [3.8, 4) is 0 Å². The maximum atomic E-state index is 12.8. The van der Waals surface area contributed by atoms with E-state index >= 15 is 0 Å². The van der Waals surface area contributed by atoms with Gasteiger partial charge in [0.05, 0.1) is 11.4 Å². The number of pyridine rings is 1. The SMILES string of the molecule is Cc1ccc(S(=O)(=O)Nc2ccc(NC(=O)c3cccn(Cc4ccccc4)c3=O)cc2)cc1. The summed E-state index contributed by atoms with van der Waals surface area (Å²) in [5.74, 6) is -0.541. The molecule has 0 aliphatic heterocycles. The van der Waals surface area contributed by atoms with Gasteiger partial charge in [0, 0.05) is 17.6 Å². The zero-order chi connectivity index (χ0) is 24.1. The van der Waals surface area contributed by atoms with Crippen LogP contribution in [0.1, 0.15) is 21.5 Å². The number of hydrogen-bond acceptors (Lipinski definition) is 4. The van der Waals surface area contributed by atoms with Crippen molar-refractivity contribution in [2.24, 2.45) is 0 Å². The average Bonchev–Trinajstić information content (AvgIpc) is 2.82. The molecule has 0 aliphatic rings. The number of sulfonamides is 1. The molecule has 2 N–H and O–H groups in total. The van der Waals surface area contributed by atoms with Crippen LogP contribution in [0.3, 0.4) is 0 Å². The van der Waals surface area contributed by atoms with Crippen LogP contribution in [-0.2, 0) is 16.6 Å². The number of rotatable bonds is 7. The quantitative estimate of drug-likeness (QED) is 0.419. The van der Waals surface area contributed by atoms with Crippen LogP contribution in [0.4, 0.5) is 11.4 Å². The van der Waals surface area contributed by atoms with Crippen LogP contribution in [0.2, 0.25) is 0 Å². The first kappa shape index (κ1) is 23.0. The van der Waals surface area contributed by atoms with Gasteiger partial charge in [-0.05, 0) is 61.0 Å². The smallest absolute Gasteiger partial charge is 0.263 e. The van der Waals surface area contributed by atoms with Crippen LogP contribution in [-0.4, -0.2) is 18.9 Å². The molecule has 4 rings (SSSR count). The molecular formula is C26H23N3O4S. The Labute approximate surface area is 197 Å². The van der Waals surface area contributed by atoms with Gasteiger partial charge < -0.3 is 9.88 Å². The summed E-state index contributed by atoms with van der Waals surface area (Å²) in [7, 11) is -3.73. The van der Waals surface area contributed by atoms with Crippen molar-refractivity contribution in [2.45, 2.75) is 18.4 Å². The Kier molecular flexibility index (Phi) is 6.60. The summed E-state index contributed by atoms with van der Waals surface area (Å²) in [4.78, 5) is 25.7. The Hall–Kier alpha value is -4.17. The van der Waals surface area contributed by atoms with Gasteiger partial charge in [0.2, 0.25) is 0 Å². The Morgan fingerprint density at radius 1 is 0.824 bits per heavy atom. The predicted molar refractivity (Wildman–Crippen MR) is 133 cm³/mol. The average molecular weight is 474 g/mol. The number of carbonyl (C=O) groups is 1. The second kappa shape index (κ2) is 9.76. The topological polar surface area (TPSA) is 97.3 Å². The normalized spacial score (nSPS) is 11.1. The first-order valence-corrected chi connectivity index (χ1v) is 12.0. The van der Waals surface area contributed by atoms with E-state index in [1.165, 1.54) is 22.8 Å². The fourth-order valence-electron chi connectivity index (χ4n) is 3.37. The van der Waals surface area contributed by atoms with Gasteiger partial charge in [0.15, 0.2) is 0 Å². The zero-order valence-electron chi connectivity index (χ0n) is 18.4. The van der Waals surface area contributed by atoms with E-state index in [9.17, 15) is 18.0 Å². The number of nitrogens with one attached hydrogen (secondary N) is 2. The van der Waals surface area contributed by atoms with Gasteiger partial charge >= 0.3 is 0 Å². The maximum absolute atomic E-state index is 12.8. The molecule has 0 aliphatic carbocycles. The van der Waals surface area contributed by atoms with E-state index in [4.69, 9.17) is 0 Å². The Morgan fingerprint density at radius 2 is 1.47 bits per heavy atom. The van der Waals surface area contributed by atoms with Crippen LogP contribution < -0.4 is 15.6 Å². The molecule has 0 bridgehead atoms. The van der Waals surface area contributed by atoms with Gasteiger partial charge in [-0.25, -0.2) is 8.42 Å². The number of hydrogen-bond donors (Lipinski definition) is 2. The number of nitrogens with zero attached hydrogens (tertiary/aromatic N) is 1. The van der Waals surface area contributed by atoms with Crippen molar-refractivity contribution in [1.82, 2.24) is 4.57 Å². The van der Waals surface area contributed by atoms with Gasteiger partial charge in [0.1, 0.15) is 5.56 Å².